The van der Waals surface area contributed by atoms with Crippen molar-refractivity contribution in [2.75, 3.05) is 18.6 Å². The molecule has 0 aliphatic carbocycles. The molecule has 7 nitrogen and oxygen atoms in total. The van der Waals surface area contributed by atoms with E-state index in [4.69, 9.17) is 4.74 Å². The number of nitrogens with zero attached hydrogens (tertiary/aromatic N) is 2. The zero-order valence-corrected chi connectivity index (χ0v) is 15.9. The zero-order valence-electron chi connectivity index (χ0n) is 15.1. The molecule has 0 amide bonds. The van der Waals surface area contributed by atoms with E-state index in [1.54, 1.807) is 19.2 Å². The second kappa shape index (κ2) is 8.06. The van der Waals surface area contributed by atoms with Crippen molar-refractivity contribution in [2.45, 2.75) is 25.6 Å². The fourth-order valence-corrected chi connectivity index (χ4v) is 5.06. The molecule has 1 heterocycles. The maximum absolute atomic E-state index is 11.9. The van der Waals surface area contributed by atoms with Crippen LogP contribution < -0.4 is 4.74 Å². The first-order chi connectivity index (χ1) is 12.9. The summed E-state index contributed by atoms with van der Waals surface area (Å²) in [5.41, 5.74) is 2.02. The van der Waals surface area contributed by atoms with Crippen LogP contribution in [0.4, 0.5) is 5.69 Å². The van der Waals surface area contributed by atoms with Crippen LogP contribution in [0.1, 0.15) is 17.5 Å². The number of methoxy groups -OCH3 is 1. The average molecular weight is 390 g/mol. The first kappa shape index (κ1) is 19.3. The Kier molecular flexibility index (Phi) is 5.76. The Labute approximate surface area is 158 Å². The van der Waals surface area contributed by atoms with Crippen molar-refractivity contribution in [3.63, 3.8) is 0 Å². The number of rotatable bonds is 7. The predicted molar refractivity (Wildman–Crippen MR) is 102 cm³/mol. The zero-order chi connectivity index (χ0) is 19.4. The van der Waals surface area contributed by atoms with Crippen LogP contribution >= 0.6 is 0 Å². The van der Waals surface area contributed by atoms with E-state index < -0.39 is 14.8 Å². The molecule has 1 saturated heterocycles. The van der Waals surface area contributed by atoms with Crippen LogP contribution in [0.3, 0.4) is 0 Å². The molecule has 2 aromatic carbocycles. The lowest BCUT2D eigenvalue weighted by Gasteiger charge is -2.28. The van der Waals surface area contributed by atoms with Crippen molar-refractivity contribution < 1.29 is 18.1 Å². The molecule has 0 spiro atoms. The summed E-state index contributed by atoms with van der Waals surface area (Å²) in [6.07, 6.45) is 0.603. The second-order valence-corrected chi connectivity index (χ2v) is 8.96. The number of ether oxygens (including phenoxy) is 1. The average Bonchev–Trinajstić information content (AvgIpc) is 3.02. The standard InChI is InChI=1S/C19H22N2O5S/c1-26-19-8-4-16(5-9-19)13-20(18-10-11-27(24,25)14-18)12-15-2-6-17(7-3-15)21(22)23/h2-9,18H,10-14H2,1H3. The Morgan fingerprint density at radius 2 is 1.63 bits per heavy atom. The molecule has 0 bridgehead atoms. The van der Waals surface area contributed by atoms with Crippen LogP contribution in [-0.4, -0.2) is 42.9 Å². The highest BCUT2D eigenvalue weighted by atomic mass is 32.2. The number of sulfone groups is 1. The molecular weight excluding hydrogens is 368 g/mol. The van der Waals surface area contributed by atoms with Crippen LogP contribution in [0.5, 0.6) is 5.75 Å². The van der Waals surface area contributed by atoms with Gasteiger partial charge in [0.25, 0.3) is 5.69 Å². The van der Waals surface area contributed by atoms with Gasteiger partial charge in [-0.05, 0) is 29.7 Å². The van der Waals surface area contributed by atoms with E-state index in [2.05, 4.69) is 4.90 Å². The summed E-state index contributed by atoms with van der Waals surface area (Å²) in [6.45, 7) is 1.13. The number of non-ortho nitro benzene ring substituents is 1. The predicted octanol–water partition coefficient (Wildman–Crippen LogP) is 2.79. The summed E-state index contributed by atoms with van der Waals surface area (Å²) >= 11 is 0. The van der Waals surface area contributed by atoms with Gasteiger partial charge in [0.1, 0.15) is 5.75 Å². The van der Waals surface area contributed by atoms with Gasteiger partial charge in [-0.2, -0.15) is 0 Å². The molecule has 27 heavy (non-hydrogen) atoms. The molecule has 1 fully saturated rings. The molecule has 1 aliphatic rings. The Morgan fingerprint density at radius 1 is 1.07 bits per heavy atom. The summed E-state index contributed by atoms with van der Waals surface area (Å²) in [5.74, 6) is 1.12. The number of nitro groups is 1. The molecule has 0 saturated carbocycles. The lowest BCUT2D eigenvalue weighted by Crippen LogP contribution is -2.35. The van der Waals surface area contributed by atoms with E-state index in [1.807, 2.05) is 24.3 Å². The van der Waals surface area contributed by atoms with Crippen molar-refractivity contribution >= 4 is 15.5 Å². The van der Waals surface area contributed by atoms with E-state index in [0.717, 1.165) is 16.9 Å². The van der Waals surface area contributed by atoms with Gasteiger partial charge in [-0.1, -0.05) is 24.3 Å². The van der Waals surface area contributed by atoms with E-state index >= 15 is 0 Å². The van der Waals surface area contributed by atoms with Gasteiger partial charge in [0.2, 0.25) is 0 Å². The SMILES string of the molecule is COc1ccc(CN(Cc2ccc([N+](=O)[O-])cc2)C2CCS(=O)(=O)C2)cc1. The van der Waals surface area contributed by atoms with Gasteiger partial charge < -0.3 is 4.74 Å². The van der Waals surface area contributed by atoms with Gasteiger partial charge in [0.15, 0.2) is 9.84 Å². The number of benzene rings is 2. The highest BCUT2D eigenvalue weighted by Crippen LogP contribution is 2.24. The van der Waals surface area contributed by atoms with Crippen LogP contribution in [0.25, 0.3) is 0 Å². The molecule has 0 radical (unpaired) electrons. The maximum atomic E-state index is 11.9. The third-order valence-electron chi connectivity index (χ3n) is 4.80. The van der Waals surface area contributed by atoms with E-state index in [0.29, 0.717) is 19.5 Å². The summed E-state index contributed by atoms with van der Waals surface area (Å²) in [7, 11) is -1.39. The number of nitro benzene ring substituents is 1. The third kappa shape index (κ3) is 5.05. The summed E-state index contributed by atoms with van der Waals surface area (Å²) < 4.78 is 29.0. The van der Waals surface area contributed by atoms with Crippen molar-refractivity contribution in [1.29, 1.82) is 0 Å². The molecule has 144 valence electrons. The Morgan fingerprint density at radius 3 is 2.07 bits per heavy atom. The topological polar surface area (TPSA) is 89.8 Å². The molecule has 0 N–H and O–H groups in total. The summed E-state index contributed by atoms with van der Waals surface area (Å²) in [4.78, 5) is 12.5. The number of hydrogen-bond donors (Lipinski definition) is 0. The molecular formula is C19H22N2O5S. The van der Waals surface area contributed by atoms with Crippen molar-refractivity contribution in [2.24, 2.45) is 0 Å². The van der Waals surface area contributed by atoms with Crippen molar-refractivity contribution in [3.05, 3.63) is 69.8 Å². The van der Waals surface area contributed by atoms with Crippen LogP contribution in [0.15, 0.2) is 48.5 Å². The molecule has 1 atom stereocenters. The van der Waals surface area contributed by atoms with Crippen molar-refractivity contribution in [3.8, 4) is 5.75 Å². The van der Waals surface area contributed by atoms with E-state index in [9.17, 15) is 18.5 Å². The van der Waals surface area contributed by atoms with Gasteiger partial charge in [-0.15, -0.1) is 0 Å². The Balaban J connectivity index is 1.79. The molecule has 2 aromatic rings. The van der Waals surface area contributed by atoms with E-state index in [1.165, 1.54) is 12.1 Å². The molecule has 8 heteroatoms. The smallest absolute Gasteiger partial charge is 0.269 e. The van der Waals surface area contributed by atoms with Gasteiger partial charge in [-0.25, -0.2) is 8.42 Å². The molecule has 0 aromatic heterocycles. The number of hydrogen-bond acceptors (Lipinski definition) is 6. The lowest BCUT2D eigenvalue weighted by atomic mass is 10.1. The molecule has 3 rings (SSSR count). The van der Waals surface area contributed by atoms with Gasteiger partial charge in [0, 0.05) is 31.3 Å². The van der Waals surface area contributed by atoms with Crippen molar-refractivity contribution in [1.82, 2.24) is 4.90 Å². The first-order valence-corrected chi connectivity index (χ1v) is 10.5. The van der Waals surface area contributed by atoms with Gasteiger partial charge in [-0.3, -0.25) is 15.0 Å². The summed E-state index contributed by atoms with van der Waals surface area (Å²) in [5, 5.41) is 10.8. The minimum absolute atomic E-state index is 0.0453. The largest absolute Gasteiger partial charge is 0.497 e. The summed E-state index contributed by atoms with van der Waals surface area (Å²) in [6, 6.07) is 14.0. The lowest BCUT2D eigenvalue weighted by molar-refractivity contribution is -0.384. The Hall–Kier alpha value is -2.45. The second-order valence-electron chi connectivity index (χ2n) is 6.73. The first-order valence-electron chi connectivity index (χ1n) is 8.67. The highest BCUT2D eigenvalue weighted by Gasteiger charge is 2.32. The quantitative estimate of drug-likeness (QED) is 0.533. The normalized spacial score (nSPS) is 18.5. The highest BCUT2D eigenvalue weighted by molar-refractivity contribution is 7.91. The van der Waals surface area contributed by atoms with Gasteiger partial charge >= 0.3 is 0 Å². The van der Waals surface area contributed by atoms with E-state index in [-0.39, 0.29) is 23.2 Å². The fourth-order valence-electron chi connectivity index (χ4n) is 3.30. The molecule has 1 aliphatic heterocycles. The van der Waals surface area contributed by atoms with Crippen LogP contribution in [-0.2, 0) is 22.9 Å². The molecule has 1 unspecified atom stereocenters. The third-order valence-corrected chi connectivity index (χ3v) is 6.55. The minimum Gasteiger partial charge on any atom is -0.497 e. The van der Waals surface area contributed by atoms with Crippen LogP contribution in [0.2, 0.25) is 0 Å². The maximum Gasteiger partial charge on any atom is 0.269 e. The minimum atomic E-state index is -3.00. The Bertz CT molecular complexity index is 895. The van der Waals surface area contributed by atoms with Crippen LogP contribution in [0, 0.1) is 10.1 Å². The monoisotopic (exact) mass is 390 g/mol. The fraction of sp³-hybridized carbons (Fsp3) is 0.368. The van der Waals surface area contributed by atoms with Gasteiger partial charge in [0.05, 0.1) is 23.5 Å².